The van der Waals surface area contributed by atoms with E-state index in [9.17, 15) is 18.4 Å². The molecular weight excluding hydrogens is 396 g/mol. The number of cyclic esters (lactones) is 1. The molecule has 0 atom stereocenters. The number of benzene rings is 1. The number of hydrogen-bond acceptors (Lipinski definition) is 4. The molecule has 160 valence electrons. The Balaban J connectivity index is 0.000000184. The second-order valence-electron chi connectivity index (χ2n) is 7.12. The highest BCUT2D eigenvalue weighted by Gasteiger charge is 2.30. The summed E-state index contributed by atoms with van der Waals surface area (Å²) in [5.41, 5.74) is 0.825. The lowest BCUT2D eigenvalue weighted by molar-refractivity contribution is 0.139. The molecule has 30 heavy (non-hydrogen) atoms. The number of hydrogen-bond donors (Lipinski definition) is 2. The van der Waals surface area contributed by atoms with E-state index < -0.39 is 17.7 Å². The van der Waals surface area contributed by atoms with Crippen LogP contribution in [0.5, 0.6) is 0 Å². The third-order valence-electron chi connectivity index (χ3n) is 5.00. The summed E-state index contributed by atoms with van der Waals surface area (Å²) < 4.78 is 30.9. The molecular formula is C21H23F2N3O4. The van der Waals surface area contributed by atoms with Gasteiger partial charge in [-0.15, -0.1) is 0 Å². The summed E-state index contributed by atoms with van der Waals surface area (Å²) in [4.78, 5) is 27.3. The van der Waals surface area contributed by atoms with Gasteiger partial charge in [0, 0.05) is 23.9 Å². The summed E-state index contributed by atoms with van der Waals surface area (Å²) in [6.07, 6.45) is 6.24. The molecule has 0 bridgehead atoms. The first-order valence-corrected chi connectivity index (χ1v) is 9.78. The normalized spacial score (nSPS) is 16.5. The van der Waals surface area contributed by atoms with Gasteiger partial charge in [0.25, 0.3) is 0 Å². The van der Waals surface area contributed by atoms with E-state index in [0.717, 1.165) is 12.6 Å². The predicted octanol–water partition coefficient (Wildman–Crippen LogP) is 4.89. The second kappa shape index (κ2) is 10.00. The molecule has 0 radical (unpaired) electrons. The molecule has 7 nitrogen and oxygen atoms in total. The molecule has 0 spiro atoms. The Morgan fingerprint density at radius 3 is 2.33 bits per heavy atom. The van der Waals surface area contributed by atoms with Crippen molar-refractivity contribution in [1.29, 1.82) is 0 Å². The molecule has 2 N–H and O–H groups in total. The van der Waals surface area contributed by atoms with E-state index in [-0.39, 0.29) is 11.9 Å². The van der Waals surface area contributed by atoms with Crippen molar-refractivity contribution in [1.82, 2.24) is 9.88 Å². The molecule has 0 unspecified atom stereocenters. The van der Waals surface area contributed by atoms with Crippen molar-refractivity contribution >= 4 is 18.0 Å². The number of carbonyl (C=O) groups excluding carboxylic acids is 1. The third kappa shape index (κ3) is 5.88. The maximum Gasteiger partial charge on any atom is 0.410 e. The summed E-state index contributed by atoms with van der Waals surface area (Å²) in [7, 11) is 0. The maximum atomic E-state index is 13.0. The van der Waals surface area contributed by atoms with Crippen LogP contribution < -0.4 is 5.32 Å². The summed E-state index contributed by atoms with van der Waals surface area (Å²) in [6, 6.07) is 6.53. The number of amides is 2. The fourth-order valence-corrected chi connectivity index (χ4v) is 3.60. The van der Waals surface area contributed by atoms with E-state index in [2.05, 4.69) is 10.3 Å². The third-order valence-corrected chi connectivity index (χ3v) is 5.00. The van der Waals surface area contributed by atoms with E-state index in [4.69, 9.17) is 9.84 Å². The smallest absolute Gasteiger partial charge is 0.410 e. The van der Waals surface area contributed by atoms with Crippen molar-refractivity contribution < 1.29 is 28.2 Å². The molecule has 2 aromatic rings. The van der Waals surface area contributed by atoms with Crippen molar-refractivity contribution in [3.8, 4) is 11.1 Å². The summed E-state index contributed by atoms with van der Waals surface area (Å²) in [5.74, 6) is -1.22. The molecule has 1 aliphatic carbocycles. The molecule has 1 aliphatic heterocycles. The molecule has 1 saturated carbocycles. The second-order valence-corrected chi connectivity index (χ2v) is 7.12. The van der Waals surface area contributed by atoms with Gasteiger partial charge >= 0.3 is 12.2 Å². The lowest BCUT2D eigenvalue weighted by Gasteiger charge is -2.28. The lowest BCUT2D eigenvalue weighted by atomic mass is 9.94. The van der Waals surface area contributed by atoms with Gasteiger partial charge < -0.3 is 14.7 Å². The zero-order valence-electron chi connectivity index (χ0n) is 16.3. The topological polar surface area (TPSA) is 91.8 Å². The molecule has 9 heteroatoms. The molecule has 2 fully saturated rings. The SMILES string of the molecule is O=C(O)Nc1ccc(-c2cc(F)cc(F)c2)cn1.O=C1OCCN1C1CCCCC1. The van der Waals surface area contributed by atoms with Crippen molar-refractivity contribution in [2.24, 2.45) is 0 Å². The Kier molecular flexibility index (Phi) is 7.16. The zero-order chi connectivity index (χ0) is 21.5. The Morgan fingerprint density at radius 1 is 1.10 bits per heavy atom. The first-order valence-electron chi connectivity index (χ1n) is 9.78. The van der Waals surface area contributed by atoms with Crippen LogP contribution in [0.1, 0.15) is 32.1 Å². The Morgan fingerprint density at radius 2 is 1.80 bits per heavy atom. The van der Waals surface area contributed by atoms with Crippen LogP contribution >= 0.6 is 0 Å². The minimum absolute atomic E-state index is 0.0955. The van der Waals surface area contributed by atoms with Gasteiger partial charge in [-0.1, -0.05) is 19.3 Å². The first-order chi connectivity index (χ1) is 14.4. The zero-order valence-corrected chi connectivity index (χ0v) is 16.3. The van der Waals surface area contributed by atoms with Crippen LogP contribution in [0.3, 0.4) is 0 Å². The summed E-state index contributed by atoms with van der Waals surface area (Å²) in [6.45, 7) is 1.40. The Labute approximate surface area is 172 Å². The minimum Gasteiger partial charge on any atom is -0.465 e. The number of nitrogens with zero attached hydrogens (tertiary/aromatic N) is 2. The number of halogens is 2. The van der Waals surface area contributed by atoms with Crippen molar-refractivity contribution in [2.45, 2.75) is 38.1 Å². The molecule has 4 rings (SSSR count). The standard InChI is InChI=1S/C12H8F2N2O2.C9H15NO2/c13-9-3-8(4-10(14)5-9)7-1-2-11(15-6-7)16-12(17)18;11-9-10(6-7-12-9)8-4-2-1-3-5-8/h1-6H,(H,15,16)(H,17,18);8H,1-7H2. The monoisotopic (exact) mass is 419 g/mol. The Hall–Kier alpha value is -3.23. The number of pyridine rings is 1. The molecule has 2 heterocycles. The van der Waals surface area contributed by atoms with Gasteiger partial charge in [0.05, 0.1) is 6.54 Å². The van der Waals surface area contributed by atoms with E-state index >= 15 is 0 Å². The van der Waals surface area contributed by atoms with Crippen LogP contribution in [0.4, 0.5) is 24.2 Å². The molecule has 2 amide bonds. The van der Waals surface area contributed by atoms with Gasteiger partial charge in [0.2, 0.25) is 0 Å². The highest BCUT2D eigenvalue weighted by atomic mass is 19.1. The van der Waals surface area contributed by atoms with E-state index in [1.54, 1.807) is 0 Å². The van der Waals surface area contributed by atoms with Crippen molar-refractivity contribution in [3.05, 3.63) is 48.2 Å². The molecule has 1 saturated heterocycles. The quantitative estimate of drug-likeness (QED) is 0.739. The molecule has 1 aromatic carbocycles. The lowest BCUT2D eigenvalue weighted by Crippen LogP contribution is -2.37. The largest absolute Gasteiger partial charge is 0.465 e. The van der Waals surface area contributed by atoms with Gasteiger partial charge in [-0.3, -0.25) is 5.32 Å². The Bertz CT molecular complexity index is 866. The average molecular weight is 419 g/mol. The maximum absolute atomic E-state index is 13.0. The highest BCUT2D eigenvalue weighted by Crippen LogP contribution is 2.24. The van der Waals surface area contributed by atoms with Gasteiger partial charge in [0.15, 0.2) is 0 Å². The van der Waals surface area contributed by atoms with Gasteiger partial charge in [-0.05, 0) is 42.7 Å². The van der Waals surface area contributed by atoms with Gasteiger partial charge in [-0.25, -0.2) is 23.4 Å². The first kappa shape index (κ1) is 21.5. The fourth-order valence-electron chi connectivity index (χ4n) is 3.60. The van der Waals surface area contributed by atoms with E-state index in [1.165, 1.54) is 62.6 Å². The van der Waals surface area contributed by atoms with Crippen LogP contribution in [0.2, 0.25) is 0 Å². The number of nitrogens with one attached hydrogen (secondary N) is 1. The van der Waals surface area contributed by atoms with Crippen molar-refractivity contribution in [3.63, 3.8) is 0 Å². The van der Waals surface area contributed by atoms with Crippen LogP contribution in [0.25, 0.3) is 11.1 Å². The minimum atomic E-state index is -1.23. The van der Waals surface area contributed by atoms with Gasteiger partial charge in [0.1, 0.15) is 24.1 Å². The summed E-state index contributed by atoms with van der Waals surface area (Å²) in [5, 5.41) is 10.5. The number of carboxylic acid groups (broad SMARTS) is 1. The molecule has 1 aromatic heterocycles. The summed E-state index contributed by atoms with van der Waals surface area (Å²) >= 11 is 0. The molecule has 2 aliphatic rings. The van der Waals surface area contributed by atoms with E-state index in [0.29, 0.717) is 23.8 Å². The average Bonchev–Trinajstić information content (AvgIpc) is 3.14. The van der Waals surface area contributed by atoms with Crippen LogP contribution in [0, 0.1) is 11.6 Å². The predicted molar refractivity (Wildman–Crippen MR) is 106 cm³/mol. The van der Waals surface area contributed by atoms with Crippen LogP contribution in [0.15, 0.2) is 36.5 Å². The number of anilines is 1. The fraction of sp³-hybridized carbons (Fsp3) is 0.381. The number of ether oxygens (including phenoxy) is 1. The van der Waals surface area contributed by atoms with Crippen LogP contribution in [-0.2, 0) is 4.74 Å². The van der Waals surface area contributed by atoms with Gasteiger partial charge in [-0.2, -0.15) is 0 Å². The highest BCUT2D eigenvalue weighted by molar-refractivity contribution is 5.81. The van der Waals surface area contributed by atoms with Crippen molar-refractivity contribution in [2.75, 3.05) is 18.5 Å². The van der Waals surface area contributed by atoms with Crippen LogP contribution in [-0.4, -0.2) is 46.4 Å². The number of aromatic nitrogens is 1. The van der Waals surface area contributed by atoms with E-state index in [1.807, 2.05) is 4.90 Å². The number of carbonyl (C=O) groups is 2. The number of rotatable bonds is 3.